The summed E-state index contributed by atoms with van der Waals surface area (Å²) in [5, 5.41) is 3.86. The van der Waals surface area contributed by atoms with E-state index in [2.05, 4.69) is 50.4 Å². The Hall–Kier alpha value is -0.670. The molecule has 0 aliphatic carbocycles. The Morgan fingerprint density at radius 2 is 1.68 bits per heavy atom. The van der Waals surface area contributed by atoms with Crippen LogP contribution < -0.4 is 5.32 Å². The van der Waals surface area contributed by atoms with Gasteiger partial charge in [0, 0.05) is 22.1 Å². The van der Waals surface area contributed by atoms with Crippen molar-refractivity contribution in [1.82, 2.24) is 5.32 Å². The molecule has 3 unspecified atom stereocenters. The predicted molar refractivity (Wildman–Crippen MR) is 84.8 cm³/mol. The van der Waals surface area contributed by atoms with Crippen LogP contribution in [0, 0.1) is 5.92 Å². The van der Waals surface area contributed by atoms with Crippen LogP contribution in [-0.2, 0) is 10.8 Å². The van der Waals surface area contributed by atoms with Crippen LogP contribution in [0.1, 0.15) is 46.2 Å². The molecule has 0 radical (unpaired) electrons. The van der Waals surface area contributed by atoms with Crippen molar-refractivity contribution in [3.05, 3.63) is 35.9 Å². The van der Waals surface area contributed by atoms with Crippen molar-refractivity contribution in [2.24, 2.45) is 5.92 Å². The zero-order valence-corrected chi connectivity index (χ0v) is 13.5. The lowest BCUT2D eigenvalue weighted by Crippen LogP contribution is -2.40. The third kappa shape index (κ3) is 4.43. The molecule has 0 saturated heterocycles. The first-order valence-corrected chi connectivity index (χ1v) is 8.44. The molecule has 1 rings (SSSR count). The minimum Gasteiger partial charge on any atom is -0.309 e. The van der Waals surface area contributed by atoms with Gasteiger partial charge in [-0.2, -0.15) is 0 Å². The molecule has 2 nitrogen and oxygen atoms in total. The number of nitrogens with one attached hydrogen (secondary N) is 1. The monoisotopic (exact) mass is 281 g/mol. The molecular formula is C16H27NOS. The Kier molecular flexibility index (Phi) is 6.73. The van der Waals surface area contributed by atoms with Gasteiger partial charge in [0.15, 0.2) is 0 Å². The number of rotatable bonds is 7. The average Bonchev–Trinajstić information content (AvgIpc) is 2.38. The van der Waals surface area contributed by atoms with E-state index in [9.17, 15) is 4.21 Å². The lowest BCUT2D eigenvalue weighted by atomic mass is 9.96. The fourth-order valence-electron chi connectivity index (χ4n) is 2.41. The number of hydrogen-bond acceptors (Lipinski definition) is 2. The smallest absolute Gasteiger partial charge is 0.0568 e. The highest BCUT2D eigenvalue weighted by Gasteiger charge is 2.31. The first-order chi connectivity index (χ1) is 8.99. The van der Waals surface area contributed by atoms with E-state index < -0.39 is 10.8 Å². The quantitative estimate of drug-likeness (QED) is 0.828. The summed E-state index contributed by atoms with van der Waals surface area (Å²) in [4.78, 5) is 0. The van der Waals surface area contributed by atoms with Crippen LogP contribution in [-0.4, -0.2) is 21.3 Å². The molecule has 0 fully saturated rings. The molecule has 0 aromatic heterocycles. The summed E-state index contributed by atoms with van der Waals surface area (Å²) in [5.41, 5.74) is 1.23. The van der Waals surface area contributed by atoms with E-state index in [0.29, 0.717) is 5.92 Å². The Bertz CT molecular complexity index is 389. The van der Waals surface area contributed by atoms with E-state index >= 15 is 0 Å². The maximum absolute atomic E-state index is 12.6. The molecule has 19 heavy (non-hydrogen) atoms. The zero-order chi connectivity index (χ0) is 14.4. The van der Waals surface area contributed by atoms with Crippen LogP contribution in [0.5, 0.6) is 0 Å². The Balaban J connectivity index is 3.10. The van der Waals surface area contributed by atoms with E-state index in [0.717, 1.165) is 6.54 Å². The third-order valence-electron chi connectivity index (χ3n) is 3.30. The maximum atomic E-state index is 12.6. The molecule has 0 aliphatic heterocycles. The second-order valence-electron chi connectivity index (χ2n) is 5.53. The predicted octanol–water partition coefficient (Wildman–Crippen LogP) is 3.52. The van der Waals surface area contributed by atoms with Gasteiger partial charge in [-0.3, -0.25) is 4.21 Å². The van der Waals surface area contributed by atoms with E-state index in [-0.39, 0.29) is 16.5 Å². The lowest BCUT2D eigenvalue weighted by molar-refractivity contribution is 0.441. The molecule has 3 atom stereocenters. The van der Waals surface area contributed by atoms with Crippen molar-refractivity contribution >= 4 is 10.8 Å². The van der Waals surface area contributed by atoms with Gasteiger partial charge in [0.2, 0.25) is 0 Å². The maximum Gasteiger partial charge on any atom is 0.0568 e. The van der Waals surface area contributed by atoms with Crippen LogP contribution in [0.3, 0.4) is 0 Å². The fraction of sp³-hybridized carbons (Fsp3) is 0.625. The first-order valence-electron chi connectivity index (χ1n) is 7.16. The Morgan fingerprint density at radius 3 is 2.11 bits per heavy atom. The summed E-state index contributed by atoms with van der Waals surface area (Å²) in [6.07, 6.45) is 0. The van der Waals surface area contributed by atoms with Gasteiger partial charge in [0.05, 0.1) is 5.25 Å². The van der Waals surface area contributed by atoms with Gasteiger partial charge in [0.25, 0.3) is 0 Å². The highest BCUT2D eigenvalue weighted by molar-refractivity contribution is 7.86. The largest absolute Gasteiger partial charge is 0.309 e. The van der Waals surface area contributed by atoms with Crippen molar-refractivity contribution in [2.75, 3.05) is 6.54 Å². The summed E-state index contributed by atoms with van der Waals surface area (Å²) in [5.74, 6) is 0.382. The molecular weight excluding hydrogens is 254 g/mol. The van der Waals surface area contributed by atoms with Gasteiger partial charge in [-0.1, -0.05) is 65.0 Å². The molecule has 0 spiro atoms. The SMILES string of the molecule is CCNC(c1ccccc1)C(C(C)C)S(=O)C(C)C. The van der Waals surface area contributed by atoms with Crippen LogP contribution in [0.25, 0.3) is 0 Å². The first kappa shape index (κ1) is 16.4. The molecule has 3 heteroatoms. The second-order valence-corrected chi connectivity index (χ2v) is 7.68. The zero-order valence-electron chi connectivity index (χ0n) is 12.7. The summed E-state index contributed by atoms with van der Waals surface area (Å²) in [7, 11) is -0.834. The van der Waals surface area contributed by atoms with Crippen LogP contribution in [0.2, 0.25) is 0 Å². The third-order valence-corrected chi connectivity index (χ3v) is 5.58. The standard InChI is InChI=1S/C16H27NOS/c1-6-17-15(14-10-8-7-9-11-14)16(12(2)3)19(18)13(4)5/h7-13,15-17H,6H2,1-5H3. The second kappa shape index (κ2) is 7.81. The van der Waals surface area contributed by atoms with Crippen molar-refractivity contribution in [3.8, 4) is 0 Å². The van der Waals surface area contributed by atoms with Gasteiger partial charge >= 0.3 is 0 Å². The van der Waals surface area contributed by atoms with E-state index in [1.165, 1.54) is 5.56 Å². The van der Waals surface area contributed by atoms with Gasteiger partial charge in [0.1, 0.15) is 0 Å². The van der Waals surface area contributed by atoms with Crippen LogP contribution in [0.4, 0.5) is 0 Å². The van der Waals surface area contributed by atoms with Gasteiger partial charge in [-0.25, -0.2) is 0 Å². The molecule has 0 aliphatic rings. The normalized spacial score (nSPS) is 16.6. The summed E-state index contributed by atoms with van der Waals surface area (Å²) >= 11 is 0. The summed E-state index contributed by atoms with van der Waals surface area (Å²) in [6.45, 7) is 11.4. The molecule has 108 valence electrons. The highest BCUT2D eigenvalue weighted by atomic mass is 32.2. The Morgan fingerprint density at radius 1 is 1.11 bits per heavy atom. The van der Waals surface area contributed by atoms with E-state index in [1.807, 2.05) is 19.9 Å². The van der Waals surface area contributed by atoms with Crippen molar-refractivity contribution in [1.29, 1.82) is 0 Å². The van der Waals surface area contributed by atoms with Crippen molar-refractivity contribution in [2.45, 2.75) is 51.2 Å². The summed E-state index contributed by atoms with van der Waals surface area (Å²) in [6, 6.07) is 10.5. The van der Waals surface area contributed by atoms with Crippen LogP contribution in [0.15, 0.2) is 30.3 Å². The molecule has 1 N–H and O–H groups in total. The highest BCUT2D eigenvalue weighted by Crippen LogP contribution is 2.28. The molecule has 0 saturated carbocycles. The molecule has 1 aromatic carbocycles. The minimum absolute atomic E-state index is 0.141. The van der Waals surface area contributed by atoms with Gasteiger partial charge in [-0.05, 0) is 18.0 Å². The van der Waals surface area contributed by atoms with Gasteiger partial charge in [-0.15, -0.1) is 0 Å². The Labute approximate surface area is 120 Å². The number of benzene rings is 1. The minimum atomic E-state index is -0.834. The van der Waals surface area contributed by atoms with E-state index in [1.54, 1.807) is 0 Å². The topological polar surface area (TPSA) is 29.1 Å². The van der Waals surface area contributed by atoms with E-state index in [4.69, 9.17) is 0 Å². The average molecular weight is 281 g/mol. The lowest BCUT2D eigenvalue weighted by Gasteiger charge is -2.32. The molecule has 0 amide bonds. The van der Waals surface area contributed by atoms with Crippen molar-refractivity contribution in [3.63, 3.8) is 0 Å². The molecule has 1 aromatic rings. The van der Waals surface area contributed by atoms with Gasteiger partial charge < -0.3 is 5.32 Å². The van der Waals surface area contributed by atoms with Crippen LogP contribution >= 0.6 is 0 Å². The summed E-state index contributed by atoms with van der Waals surface area (Å²) < 4.78 is 12.6. The number of hydrogen-bond donors (Lipinski definition) is 1. The fourth-order valence-corrected chi connectivity index (χ4v) is 4.09. The molecule has 0 bridgehead atoms. The molecule has 0 heterocycles. The van der Waals surface area contributed by atoms with Crippen molar-refractivity contribution < 1.29 is 4.21 Å².